The summed E-state index contributed by atoms with van der Waals surface area (Å²) in [6, 6.07) is 0.436. The van der Waals surface area contributed by atoms with Gasteiger partial charge in [0.15, 0.2) is 0 Å². The van der Waals surface area contributed by atoms with Crippen molar-refractivity contribution in [2.75, 3.05) is 32.7 Å². The summed E-state index contributed by atoms with van der Waals surface area (Å²) in [5.74, 6) is 0.281. The maximum absolute atomic E-state index is 12.4. The molecule has 0 aromatic rings. The molecule has 0 radical (unpaired) electrons. The van der Waals surface area contributed by atoms with Crippen LogP contribution in [0.4, 0.5) is 0 Å². The molecule has 2 amide bonds. The van der Waals surface area contributed by atoms with Crippen LogP contribution in [0.25, 0.3) is 0 Å². The first-order valence-corrected chi connectivity index (χ1v) is 6.91. The second-order valence-electron chi connectivity index (χ2n) is 5.30. The Labute approximate surface area is 108 Å². The molecule has 2 atom stereocenters. The van der Waals surface area contributed by atoms with Gasteiger partial charge in [-0.05, 0) is 19.9 Å². The van der Waals surface area contributed by atoms with Crippen LogP contribution in [0.3, 0.4) is 0 Å². The van der Waals surface area contributed by atoms with E-state index in [9.17, 15) is 9.59 Å². The smallest absolute Gasteiger partial charge is 0.227 e. The van der Waals surface area contributed by atoms with Crippen LogP contribution in [0.15, 0.2) is 0 Å². The average molecular weight is 253 g/mol. The molecule has 102 valence electrons. The molecular formula is C13H23N3O2. The van der Waals surface area contributed by atoms with Crippen molar-refractivity contribution < 1.29 is 9.59 Å². The van der Waals surface area contributed by atoms with Crippen molar-refractivity contribution in [2.45, 2.75) is 32.7 Å². The fourth-order valence-corrected chi connectivity index (χ4v) is 2.87. The lowest BCUT2D eigenvalue weighted by molar-refractivity contribution is -0.140. The first kappa shape index (κ1) is 13.3. The molecule has 2 rings (SSSR count). The highest BCUT2D eigenvalue weighted by Crippen LogP contribution is 2.17. The minimum Gasteiger partial charge on any atom is -0.355 e. The van der Waals surface area contributed by atoms with Gasteiger partial charge in [0.1, 0.15) is 0 Å². The van der Waals surface area contributed by atoms with Crippen LogP contribution >= 0.6 is 0 Å². The fourth-order valence-electron chi connectivity index (χ4n) is 2.87. The molecule has 5 heteroatoms. The summed E-state index contributed by atoms with van der Waals surface area (Å²) in [7, 11) is 0. The Morgan fingerprint density at radius 1 is 1.44 bits per heavy atom. The number of nitrogens with zero attached hydrogens (tertiary/aromatic N) is 2. The van der Waals surface area contributed by atoms with E-state index in [0.29, 0.717) is 25.4 Å². The van der Waals surface area contributed by atoms with Crippen LogP contribution in [-0.2, 0) is 9.59 Å². The van der Waals surface area contributed by atoms with Crippen molar-refractivity contribution in [3.05, 3.63) is 0 Å². The van der Waals surface area contributed by atoms with E-state index in [1.807, 2.05) is 4.90 Å². The highest BCUT2D eigenvalue weighted by atomic mass is 16.2. The molecule has 0 aromatic carbocycles. The van der Waals surface area contributed by atoms with Gasteiger partial charge in [0.25, 0.3) is 0 Å². The molecule has 0 saturated carbocycles. The van der Waals surface area contributed by atoms with Gasteiger partial charge in [-0.1, -0.05) is 6.92 Å². The van der Waals surface area contributed by atoms with Gasteiger partial charge in [-0.15, -0.1) is 0 Å². The topological polar surface area (TPSA) is 52.7 Å². The molecule has 18 heavy (non-hydrogen) atoms. The molecule has 0 bridgehead atoms. The summed E-state index contributed by atoms with van der Waals surface area (Å²) in [5.41, 5.74) is 0. The summed E-state index contributed by atoms with van der Waals surface area (Å²) < 4.78 is 0. The molecule has 2 saturated heterocycles. The van der Waals surface area contributed by atoms with Crippen LogP contribution in [0.1, 0.15) is 26.7 Å². The summed E-state index contributed by atoms with van der Waals surface area (Å²) in [6.07, 6.45) is 1.19. The van der Waals surface area contributed by atoms with Gasteiger partial charge in [-0.3, -0.25) is 14.5 Å². The Bertz CT molecular complexity index is 322. The quantitative estimate of drug-likeness (QED) is 0.757. The molecule has 2 fully saturated rings. The zero-order valence-electron chi connectivity index (χ0n) is 11.3. The van der Waals surface area contributed by atoms with Gasteiger partial charge < -0.3 is 10.2 Å². The molecule has 2 unspecified atom stereocenters. The number of nitrogens with one attached hydrogen (secondary N) is 1. The van der Waals surface area contributed by atoms with Crippen LogP contribution in [0.2, 0.25) is 0 Å². The summed E-state index contributed by atoms with van der Waals surface area (Å²) in [6.45, 7) is 8.49. The molecule has 2 aliphatic rings. The second kappa shape index (κ2) is 5.69. The number of piperazine rings is 1. The standard InChI is InChI=1S/C13H23N3O2/c1-3-15-6-7-16(9-10(15)2)13(18)11-4-5-12(17)14-8-11/h10-11H,3-9H2,1-2H3,(H,14,17). The van der Waals surface area contributed by atoms with E-state index >= 15 is 0 Å². The van der Waals surface area contributed by atoms with Crippen molar-refractivity contribution in [1.82, 2.24) is 15.1 Å². The van der Waals surface area contributed by atoms with E-state index in [-0.39, 0.29) is 17.7 Å². The first-order chi connectivity index (χ1) is 8.61. The third-order valence-electron chi connectivity index (χ3n) is 4.10. The monoisotopic (exact) mass is 253 g/mol. The summed E-state index contributed by atoms with van der Waals surface area (Å²) in [5, 5.41) is 2.79. The van der Waals surface area contributed by atoms with Crippen LogP contribution in [0, 0.1) is 5.92 Å². The molecule has 2 heterocycles. The predicted octanol–water partition coefficient (Wildman–Crippen LogP) is 0.0652. The Morgan fingerprint density at radius 2 is 2.22 bits per heavy atom. The highest BCUT2D eigenvalue weighted by Gasteiger charge is 2.32. The van der Waals surface area contributed by atoms with Crippen LogP contribution < -0.4 is 5.32 Å². The molecule has 2 aliphatic heterocycles. The Balaban J connectivity index is 1.88. The number of amides is 2. The zero-order valence-corrected chi connectivity index (χ0v) is 11.3. The molecule has 0 spiro atoms. The molecule has 1 N–H and O–H groups in total. The van der Waals surface area contributed by atoms with Gasteiger partial charge in [-0.25, -0.2) is 0 Å². The fraction of sp³-hybridized carbons (Fsp3) is 0.846. The lowest BCUT2D eigenvalue weighted by Gasteiger charge is -2.41. The number of piperidine rings is 1. The van der Waals surface area contributed by atoms with E-state index in [4.69, 9.17) is 0 Å². The van der Waals surface area contributed by atoms with Gasteiger partial charge in [-0.2, -0.15) is 0 Å². The van der Waals surface area contributed by atoms with E-state index in [0.717, 1.165) is 26.2 Å². The Hall–Kier alpha value is -1.10. The largest absolute Gasteiger partial charge is 0.355 e. The zero-order chi connectivity index (χ0) is 13.1. The Morgan fingerprint density at radius 3 is 2.78 bits per heavy atom. The molecular weight excluding hydrogens is 230 g/mol. The van der Waals surface area contributed by atoms with Crippen LogP contribution in [-0.4, -0.2) is 60.4 Å². The van der Waals surface area contributed by atoms with E-state index in [1.165, 1.54) is 0 Å². The average Bonchev–Trinajstić information content (AvgIpc) is 2.38. The van der Waals surface area contributed by atoms with E-state index in [1.54, 1.807) is 0 Å². The molecule has 0 aromatic heterocycles. The minimum absolute atomic E-state index is 0.0110. The normalized spacial score (nSPS) is 30.1. The third kappa shape index (κ3) is 2.83. The first-order valence-electron chi connectivity index (χ1n) is 6.91. The molecule has 5 nitrogen and oxygen atoms in total. The maximum Gasteiger partial charge on any atom is 0.227 e. The van der Waals surface area contributed by atoms with Crippen molar-refractivity contribution in [3.8, 4) is 0 Å². The number of carbonyl (C=O) groups is 2. The molecule has 0 aliphatic carbocycles. The predicted molar refractivity (Wildman–Crippen MR) is 69.0 cm³/mol. The maximum atomic E-state index is 12.4. The van der Waals surface area contributed by atoms with Crippen molar-refractivity contribution in [2.24, 2.45) is 5.92 Å². The summed E-state index contributed by atoms with van der Waals surface area (Å²) >= 11 is 0. The van der Waals surface area contributed by atoms with Crippen molar-refractivity contribution >= 4 is 11.8 Å². The number of likely N-dealkylation sites (N-methyl/N-ethyl adjacent to an activating group) is 1. The van der Waals surface area contributed by atoms with Gasteiger partial charge in [0.05, 0.1) is 5.92 Å². The van der Waals surface area contributed by atoms with E-state index < -0.39 is 0 Å². The summed E-state index contributed by atoms with van der Waals surface area (Å²) in [4.78, 5) is 27.8. The minimum atomic E-state index is -0.0110. The number of hydrogen-bond acceptors (Lipinski definition) is 3. The number of carbonyl (C=O) groups excluding carboxylic acids is 2. The Kier molecular flexibility index (Phi) is 4.22. The number of hydrogen-bond donors (Lipinski definition) is 1. The lowest BCUT2D eigenvalue weighted by atomic mass is 9.97. The SMILES string of the molecule is CCN1CCN(C(=O)C2CCC(=O)NC2)CC1C. The van der Waals surface area contributed by atoms with Crippen molar-refractivity contribution in [1.29, 1.82) is 0 Å². The highest BCUT2D eigenvalue weighted by molar-refractivity contribution is 5.83. The van der Waals surface area contributed by atoms with E-state index in [2.05, 4.69) is 24.1 Å². The van der Waals surface area contributed by atoms with Crippen molar-refractivity contribution in [3.63, 3.8) is 0 Å². The van der Waals surface area contributed by atoms with Crippen LogP contribution in [0.5, 0.6) is 0 Å². The lowest BCUT2D eigenvalue weighted by Crippen LogP contribution is -2.56. The van der Waals surface area contributed by atoms with Gasteiger partial charge in [0, 0.05) is 38.6 Å². The third-order valence-corrected chi connectivity index (χ3v) is 4.10. The van der Waals surface area contributed by atoms with Gasteiger partial charge in [0.2, 0.25) is 11.8 Å². The number of rotatable bonds is 2. The second-order valence-corrected chi connectivity index (χ2v) is 5.30. The van der Waals surface area contributed by atoms with Gasteiger partial charge >= 0.3 is 0 Å².